The number of hydrogen-bond donors (Lipinski definition) is 0. The molecule has 0 aliphatic heterocycles. The Morgan fingerprint density at radius 1 is 1.08 bits per heavy atom. The minimum absolute atomic E-state index is 0.396. The van der Waals surface area contributed by atoms with Crippen molar-refractivity contribution in [1.29, 1.82) is 0 Å². The summed E-state index contributed by atoms with van der Waals surface area (Å²) in [6, 6.07) is 14.2. The summed E-state index contributed by atoms with van der Waals surface area (Å²) in [7, 11) is 3.64. The van der Waals surface area contributed by atoms with Crippen LogP contribution in [-0.4, -0.2) is 21.9 Å². The van der Waals surface area contributed by atoms with Gasteiger partial charge in [0.2, 0.25) is 0 Å². The maximum Gasteiger partial charge on any atom is 0.191 e. The Morgan fingerprint density at radius 3 is 2.69 bits per heavy atom. The topological polar surface area (TPSA) is 49.2 Å². The Kier molecular flexibility index (Phi) is 5.83. The van der Waals surface area contributed by atoms with E-state index in [0.29, 0.717) is 6.61 Å². The van der Waals surface area contributed by atoms with Crippen LogP contribution in [-0.2, 0) is 19.4 Å². The zero-order valence-electron chi connectivity index (χ0n) is 15.5. The first-order chi connectivity index (χ1) is 12.6. The lowest BCUT2D eigenvalue weighted by Gasteiger charge is -2.09. The first kappa shape index (κ1) is 18.3. The Morgan fingerprint density at radius 2 is 1.92 bits per heavy atom. The van der Waals surface area contributed by atoms with Crippen LogP contribution in [0.2, 0.25) is 0 Å². The van der Waals surface area contributed by atoms with Crippen molar-refractivity contribution in [2.75, 3.05) is 7.11 Å². The molecule has 0 saturated heterocycles. The maximum absolute atomic E-state index is 5.92. The number of aromatic nitrogens is 3. The lowest BCUT2D eigenvalue weighted by Crippen LogP contribution is -2.05. The van der Waals surface area contributed by atoms with Gasteiger partial charge in [0.25, 0.3) is 0 Å². The fourth-order valence-electron chi connectivity index (χ4n) is 2.61. The number of rotatable bonds is 7. The predicted molar refractivity (Wildman–Crippen MR) is 104 cm³/mol. The molecule has 0 spiro atoms. The number of thioether (sulfide) groups is 1. The van der Waals surface area contributed by atoms with Crippen LogP contribution in [0.1, 0.15) is 22.5 Å². The third-order valence-electron chi connectivity index (χ3n) is 4.11. The zero-order valence-corrected chi connectivity index (χ0v) is 16.3. The molecule has 0 amide bonds. The average molecular weight is 369 g/mol. The van der Waals surface area contributed by atoms with Gasteiger partial charge in [-0.05, 0) is 43.2 Å². The molecule has 3 aromatic rings. The van der Waals surface area contributed by atoms with Gasteiger partial charge in [0.05, 0.1) is 7.11 Å². The average Bonchev–Trinajstić information content (AvgIpc) is 2.99. The van der Waals surface area contributed by atoms with Crippen molar-refractivity contribution < 1.29 is 9.47 Å². The van der Waals surface area contributed by atoms with Crippen LogP contribution < -0.4 is 9.47 Å². The van der Waals surface area contributed by atoms with E-state index in [9.17, 15) is 0 Å². The summed E-state index contributed by atoms with van der Waals surface area (Å²) < 4.78 is 13.2. The number of hydrogen-bond acceptors (Lipinski definition) is 5. The molecule has 26 heavy (non-hydrogen) atoms. The second-order valence-corrected chi connectivity index (χ2v) is 7.10. The van der Waals surface area contributed by atoms with Crippen molar-refractivity contribution in [3.05, 3.63) is 65.0 Å². The molecule has 1 heterocycles. The highest BCUT2D eigenvalue weighted by Crippen LogP contribution is 2.24. The van der Waals surface area contributed by atoms with Crippen molar-refractivity contribution in [2.24, 2.45) is 7.05 Å². The van der Waals surface area contributed by atoms with Gasteiger partial charge in [-0.1, -0.05) is 41.6 Å². The summed E-state index contributed by atoms with van der Waals surface area (Å²) >= 11 is 1.65. The summed E-state index contributed by atoms with van der Waals surface area (Å²) in [4.78, 5) is 0. The minimum atomic E-state index is 0.396. The molecular weight excluding hydrogens is 346 g/mol. The first-order valence-electron chi connectivity index (χ1n) is 8.41. The fourth-order valence-corrected chi connectivity index (χ4v) is 3.48. The van der Waals surface area contributed by atoms with Crippen molar-refractivity contribution in [3.8, 4) is 11.5 Å². The highest BCUT2D eigenvalue weighted by atomic mass is 32.2. The van der Waals surface area contributed by atoms with Crippen LogP contribution in [0, 0.1) is 13.8 Å². The van der Waals surface area contributed by atoms with Gasteiger partial charge in [-0.3, -0.25) is 0 Å². The van der Waals surface area contributed by atoms with Gasteiger partial charge in [0.1, 0.15) is 18.1 Å². The third-order valence-corrected chi connectivity index (χ3v) is 5.21. The van der Waals surface area contributed by atoms with Crippen molar-refractivity contribution in [3.63, 3.8) is 0 Å². The van der Waals surface area contributed by atoms with E-state index in [2.05, 4.69) is 42.2 Å². The Hall–Kier alpha value is -2.47. The molecule has 136 valence electrons. The smallest absolute Gasteiger partial charge is 0.191 e. The molecule has 0 aliphatic rings. The van der Waals surface area contributed by atoms with E-state index in [0.717, 1.165) is 33.8 Å². The fraction of sp³-hybridized carbons (Fsp3) is 0.300. The van der Waals surface area contributed by atoms with Crippen LogP contribution in [0.15, 0.2) is 47.6 Å². The molecule has 0 saturated carbocycles. The van der Waals surface area contributed by atoms with Gasteiger partial charge in [0.15, 0.2) is 11.0 Å². The van der Waals surface area contributed by atoms with E-state index in [1.807, 2.05) is 35.9 Å². The number of benzene rings is 2. The minimum Gasteiger partial charge on any atom is -0.497 e. The largest absolute Gasteiger partial charge is 0.497 e. The summed E-state index contributed by atoms with van der Waals surface area (Å²) in [6.45, 7) is 4.52. The van der Waals surface area contributed by atoms with Crippen molar-refractivity contribution >= 4 is 11.8 Å². The van der Waals surface area contributed by atoms with E-state index < -0.39 is 0 Å². The molecule has 0 atom stereocenters. The SMILES string of the molecule is COc1cccc(CSc2nnc(COc3ccc(C)cc3C)n2C)c1. The van der Waals surface area contributed by atoms with E-state index >= 15 is 0 Å². The Bertz CT molecular complexity index is 893. The molecule has 0 N–H and O–H groups in total. The Balaban J connectivity index is 1.62. The Labute approximate surface area is 158 Å². The first-order valence-corrected chi connectivity index (χ1v) is 9.39. The van der Waals surface area contributed by atoms with Gasteiger partial charge in [-0.25, -0.2) is 0 Å². The molecule has 0 fully saturated rings. The van der Waals surface area contributed by atoms with Gasteiger partial charge in [-0.2, -0.15) is 0 Å². The molecular formula is C20H23N3O2S. The third kappa shape index (κ3) is 4.38. The predicted octanol–water partition coefficient (Wildman–Crippen LogP) is 4.31. The molecule has 0 unspecified atom stereocenters. The van der Waals surface area contributed by atoms with Gasteiger partial charge >= 0.3 is 0 Å². The molecule has 2 aromatic carbocycles. The van der Waals surface area contributed by atoms with Crippen LogP contribution in [0.4, 0.5) is 0 Å². The molecule has 6 heteroatoms. The summed E-state index contributed by atoms with van der Waals surface area (Å²) in [5, 5.41) is 9.42. The highest BCUT2D eigenvalue weighted by Gasteiger charge is 2.11. The lowest BCUT2D eigenvalue weighted by atomic mass is 10.1. The zero-order chi connectivity index (χ0) is 18.5. The molecule has 0 radical (unpaired) electrons. The standard InChI is InChI=1S/C20H23N3O2S/c1-14-8-9-18(15(2)10-14)25-12-19-21-22-20(23(19)3)26-13-16-6-5-7-17(11-16)24-4/h5-11H,12-13H2,1-4H3. The van der Waals surface area contributed by atoms with E-state index in [1.165, 1.54) is 11.1 Å². The lowest BCUT2D eigenvalue weighted by molar-refractivity contribution is 0.288. The van der Waals surface area contributed by atoms with Crippen LogP contribution in [0.25, 0.3) is 0 Å². The van der Waals surface area contributed by atoms with Gasteiger partial charge in [-0.15, -0.1) is 10.2 Å². The second-order valence-electron chi connectivity index (χ2n) is 6.16. The highest BCUT2D eigenvalue weighted by molar-refractivity contribution is 7.98. The quantitative estimate of drug-likeness (QED) is 0.581. The van der Waals surface area contributed by atoms with Crippen molar-refractivity contribution in [2.45, 2.75) is 31.4 Å². The number of ether oxygens (including phenoxy) is 2. The van der Waals surface area contributed by atoms with Crippen LogP contribution in [0.3, 0.4) is 0 Å². The summed E-state index contributed by atoms with van der Waals surface area (Å²) in [5.74, 6) is 3.35. The van der Waals surface area contributed by atoms with Gasteiger partial charge < -0.3 is 14.0 Å². The van der Waals surface area contributed by atoms with E-state index in [-0.39, 0.29) is 0 Å². The molecule has 0 bridgehead atoms. The normalized spacial score (nSPS) is 10.8. The van der Waals surface area contributed by atoms with Crippen molar-refractivity contribution in [1.82, 2.24) is 14.8 Å². The number of methoxy groups -OCH3 is 1. The van der Waals surface area contributed by atoms with Crippen LogP contribution >= 0.6 is 11.8 Å². The second kappa shape index (κ2) is 8.27. The molecule has 0 aliphatic carbocycles. The summed E-state index contributed by atoms with van der Waals surface area (Å²) in [6.07, 6.45) is 0. The van der Waals surface area contributed by atoms with E-state index in [1.54, 1.807) is 18.9 Å². The monoisotopic (exact) mass is 369 g/mol. The number of nitrogens with zero attached hydrogens (tertiary/aromatic N) is 3. The number of aryl methyl sites for hydroxylation is 2. The van der Waals surface area contributed by atoms with Gasteiger partial charge in [0, 0.05) is 12.8 Å². The summed E-state index contributed by atoms with van der Waals surface area (Å²) in [5.41, 5.74) is 3.54. The maximum atomic E-state index is 5.92. The molecule has 1 aromatic heterocycles. The molecule has 5 nitrogen and oxygen atoms in total. The van der Waals surface area contributed by atoms with Crippen LogP contribution in [0.5, 0.6) is 11.5 Å². The van der Waals surface area contributed by atoms with E-state index in [4.69, 9.17) is 9.47 Å². The molecule has 3 rings (SSSR count).